The molecular formula is C22H14S4. The molecule has 0 spiro atoms. The van der Waals surface area contributed by atoms with Gasteiger partial charge in [0, 0.05) is 41.8 Å². The Hall–Kier alpha value is -1.98. The van der Waals surface area contributed by atoms with Crippen molar-refractivity contribution < 1.29 is 0 Å². The number of rotatable bonds is 4. The van der Waals surface area contributed by atoms with Gasteiger partial charge in [-0.15, -0.1) is 45.3 Å². The Labute approximate surface area is 168 Å². The lowest BCUT2D eigenvalue weighted by atomic mass is 9.92. The van der Waals surface area contributed by atoms with Crippen LogP contribution in [0.4, 0.5) is 0 Å². The molecule has 0 N–H and O–H groups in total. The summed E-state index contributed by atoms with van der Waals surface area (Å²) in [6.45, 7) is 0. The molecule has 5 rings (SSSR count). The lowest BCUT2D eigenvalue weighted by Gasteiger charge is -2.16. The number of hydrogen-bond acceptors (Lipinski definition) is 4. The van der Waals surface area contributed by atoms with Gasteiger partial charge in [0.25, 0.3) is 0 Å². The summed E-state index contributed by atoms with van der Waals surface area (Å²) in [6, 6.07) is 22.1. The minimum Gasteiger partial charge on any atom is -0.144 e. The van der Waals surface area contributed by atoms with Crippen LogP contribution in [0.1, 0.15) is 0 Å². The molecule has 126 valence electrons. The zero-order valence-corrected chi connectivity index (χ0v) is 17.0. The summed E-state index contributed by atoms with van der Waals surface area (Å²) >= 11 is 7.25. The van der Waals surface area contributed by atoms with Gasteiger partial charge in [0.1, 0.15) is 0 Å². The Morgan fingerprint density at radius 3 is 1.04 bits per heavy atom. The van der Waals surface area contributed by atoms with Gasteiger partial charge in [-0.1, -0.05) is 36.4 Å². The molecule has 0 aliphatic heterocycles. The van der Waals surface area contributed by atoms with Crippen LogP contribution < -0.4 is 0 Å². The molecule has 4 heteroatoms. The zero-order chi connectivity index (χ0) is 17.3. The van der Waals surface area contributed by atoms with E-state index >= 15 is 0 Å². The molecule has 26 heavy (non-hydrogen) atoms. The summed E-state index contributed by atoms with van der Waals surface area (Å²) in [6.07, 6.45) is 0. The zero-order valence-electron chi connectivity index (χ0n) is 13.7. The first kappa shape index (κ1) is 16.2. The maximum absolute atomic E-state index is 2.30. The highest BCUT2D eigenvalue weighted by molar-refractivity contribution is 7.16. The highest BCUT2D eigenvalue weighted by atomic mass is 32.1. The predicted molar refractivity (Wildman–Crippen MR) is 120 cm³/mol. The first-order valence-corrected chi connectivity index (χ1v) is 11.8. The van der Waals surface area contributed by atoms with Gasteiger partial charge in [-0.25, -0.2) is 0 Å². The lowest BCUT2D eigenvalue weighted by Crippen LogP contribution is -1.90. The Morgan fingerprint density at radius 2 is 0.731 bits per heavy atom. The summed E-state index contributed by atoms with van der Waals surface area (Å²) in [7, 11) is 0. The molecule has 0 aliphatic carbocycles. The third kappa shape index (κ3) is 2.79. The van der Waals surface area contributed by atoms with E-state index in [0.29, 0.717) is 0 Å². The molecule has 0 unspecified atom stereocenters. The van der Waals surface area contributed by atoms with Crippen molar-refractivity contribution in [3.63, 3.8) is 0 Å². The topological polar surface area (TPSA) is 0 Å². The van der Waals surface area contributed by atoms with Crippen molar-refractivity contribution in [1.29, 1.82) is 0 Å². The second kappa shape index (κ2) is 6.97. The molecule has 0 atom stereocenters. The third-order valence-electron chi connectivity index (χ3n) is 4.31. The van der Waals surface area contributed by atoms with E-state index in [2.05, 4.69) is 82.2 Å². The van der Waals surface area contributed by atoms with Crippen LogP contribution in [0.3, 0.4) is 0 Å². The normalized spacial score (nSPS) is 11.1. The van der Waals surface area contributed by atoms with E-state index in [4.69, 9.17) is 0 Å². The van der Waals surface area contributed by atoms with Crippen LogP contribution in [0.25, 0.3) is 41.8 Å². The standard InChI is InChI=1S/C22H14S4/c1-5-17(23-11-1)15-9-10-16(18-6-2-12-24-18)22(20-8-4-14-26-20)21(15)19-7-3-13-25-19/h1-14H. The first-order valence-electron chi connectivity index (χ1n) is 8.24. The molecule has 4 aromatic heterocycles. The number of benzene rings is 1. The van der Waals surface area contributed by atoms with Gasteiger partial charge in [-0.05, 0) is 45.8 Å². The fraction of sp³-hybridized carbons (Fsp3) is 0. The van der Waals surface area contributed by atoms with Crippen molar-refractivity contribution in [2.24, 2.45) is 0 Å². The van der Waals surface area contributed by atoms with Crippen LogP contribution >= 0.6 is 45.3 Å². The fourth-order valence-corrected chi connectivity index (χ4v) is 6.33. The van der Waals surface area contributed by atoms with Crippen LogP contribution in [0, 0.1) is 0 Å². The predicted octanol–water partition coefficient (Wildman–Crippen LogP) is 8.60. The van der Waals surface area contributed by atoms with Crippen LogP contribution in [-0.4, -0.2) is 0 Å². The second-order valence-electron chi connectivity index (χ2n) is 5.82. The van der Waals surface area contributed by atoms with Gasteiger partial charge >= 0.3 is 0 Å². The molecule has 0 bridgehead atoms. The van der Waals surface area contributed by atoms with Crippen molar-refractivity contribution in [3.05, 3.63) is 82.2 Å². The molecule has 0 amide bonds. The summed E-state index contributed by atoms with van der Waals surface area (Å²) in [5.41, 5.74) is 5.36. The molecule has 5 aromatic rings. The fourth-order valence-electron chi connectivity index (χ4n) is 3.23. The summed E-state index contributed by atoms with van der Waals surface area (Å²) in [5.74, 6) is 0. The highest BCUT2D eigenvalue weighted by Gasteiger charge is 2.20. The smallest absolute Gasteiger partial charge is 0.0356 e. The van der Waals surface area contributed by atoms with Crippen LogP contribution in [-0.2, 0) is 0 Å². The molecular weight excluding hydrogens is 393 g/mol. The van der Waals surface area contributed by atoms with Gasteiger partial charge in [0.2, 0.25) is 0 Å². The lowest BCUT2D eigenvalue weighted by molar-refractivity contribution is 1.66. The molecule has 0 nitrogen and oxygen atoms in total. The Bertz CT molecular complexity index is 1010. The van der Waals surface area contributed by atoms with Gasteiger partial charge in [-0.2, -0.15) is 0 Å². The van der Waals surface area contributed by atoms with E-state index in [1.807, 2.05) is 45.3 Å². The van der Waals surface area contributed by atoms with Gasteiger partial charge in [0.05, 0.1) is 0 Å². The molecule has 0 radical (unpaired) electrons. The molecule has 0 fully saturated rings. The van der Waals surface area contributed by atoms with Crippen molar-refractivity contribution in [2.75, 3.05) is 0 Å². The Balaban J connectivity index is 1.90. The maximum atomic E-state index is 2.30. The maximum Gasteiger partial charge on any atom is 0.0356 e. The van der Waals surface area contributed by atoms with E-state index < -0.39 is 0 Å². The highest BCUT2D eigenvalue weighted by Crippen LogP contribution is 2.49. The summed E-state index contributed by atoms with van der Waals surface area (Å²) in [4.78, 5) is 5.30. The quantitative estimate of drug-likeness (QED) is 0.280. The average Bonchev–Trinajstić information content (AvgIpc) is 3.49. The summed E-state index contributed by atoms with van der Waals surface area (Å²) in [5, 5.41) is 8.66. The molecule has 4 heterocycles. The van der Waals surface area contributed by atoms with Crippen molar-refractivity contribution >= 4 is 45.3 Å². The van der Waals surface area contributed by atoms with E-state index in [9.17, 15) is 0 Å². The van der Waals surface area contributed by atoms with Crippen molar-refractivity contribution in [2.45, 2.75) is 0 Å². The Kier molecular flexibility index (Phi) is 4.35. The minimum absolute atomic E-state index is 1.32. The van der Waals surface area contributed by atoms with Crippen LogP contribution in [0.15, 0.2) is 82.2 Å². The average molecular weight is 407 g/mol. The minimum atomic E-state index is 1.32. The van der Waals surface area contributed by atoms with Crippen molar-refractivity contribution in [1.82, 2.24) is 0 Å². The van der Waals surface area contributed by atoms with Crippen LogP contribution in [0.2, 0.25) is 0 Å². The molecule has 0 aliphatic rings. The van der Waals surface area contributed by atoms with E-state index in [1.165, 1.54) is 41.8 Å². The van der Waals surface area contributed by atoms with Gasteiger partial charge in [0.15, 0.2) is 0 Å². The molecule has 0 saturated heterocycles. The summed E-state index contributed by atoms with van der Waals surface area (Å²) < 4.78 is 0. The van der Waals surface area contributed by atoms with E-state index in [0.717, 1.165) is 0 Å². The SMILES string of the molecule is c1csc(-c2ccc(-c3cccs3)c(-c3cccs3)c2-c2cccs2)c1. The Morgan fingerprint density at radius 1 is 0.385 bits per heavy atom. The van der Waals surface area contributed by atoms with Crippen LogP contribution in [0.5, 0.6) is 0 Å². The molecule has 0 saturated carbocycles. The second-order valence-corrected chi connectivity index (χ2v) is 9.61. The van der Waals surface area contributed by atoms with E-state index in [-0.39, 0.29) is 0 Å². The first-order chi connectivity index (χ1) is 12.9. The van der Waals surface area contributed by atoms with E-state index in [1.54, 1.807) is 0 Å². The third-order valence-corrected chi connectivity index (χ3v) is 7.89. The van der Waals surface area contributed by atoms with Crippen molar-refractivity contribution in [3.8, 4) is 41.8 Å². The molecule has 1 aromatic carbocycles. The van der Waals surface area contributed by atoms with Gasteiger partial charge < -0.3 is 0 Å². The monoisotopic (exact) mass is 406 g/mol. The van der Waals surface area contributed by atoms with Gasteiger partial charge in [-0.3, -0.25) is 0 Å². The number of thiophene rings is 4. The largest absolute Gasteiger partial charge is 0.144 e. The number of hydrogen-bond donors (Lipinski definition) is 0.